The molecule has 0 aliphatic rings. The predicted molar refractivity (Wildman–Crippen MR) is 73.9 cm³/mol. The highest BCUT2D eigenvalue weighted by Crippen LogP contribution is 2.30. The normalized spacial score (nSPS) is 12.2. The molecule has 0 aliphatic heterocycles. The van der Waals surface area contributed by atoms with E-state index in [1.807, 2.05) is 13.0 Å². The van der Waals surface area contributed by atoms with E-state index in [4.69, 9.17) is 9.47 Å². The van der Waals surface area contributed by atoms with Crippen LogP contribution < -0.4 is 9.47 Å². The van der Waals surface area contributed by atoms with Crippen molar-refractivity contribution in [1.29, 1.82) is 0 Å². The Bertz CT molecular complexity index is 569. The lowest BCUT2D eigenvalue weighted by Crippen LogP contribution is -2.09. The molecule has 1 N–H and O–H groups in total. The van der Waals surface area contributed by atoms with E-state index in [-0.39, 0.29) is 0 Å². The molecule has 1 aromatic heterocycles. The summed E-state index contributed by atoms with van der Waals surface area (Å²) < 4.78 is 12.2. The SMILES string of the molecule is CCn1ncnc1CC(O)c1ccc(OC)c(OC)c1. The highest BCUT2D eigenvalue weighted by atomic mass is 16.5. The van der Waals surface area contributed by atoms with E-state index in [9.17, 15) is 5.11 Å². The number of ether oxygens (including phenoxy) is 2. The van der Waals surface area contributed by atoms with Crippen LogP contribution in [0, 0.1) is 0 Å². The molecule has 0 bridgehead atoms. The van der Waals surface area contributed by atoms with Gasteiger partial charge in [0.1, 0.15) is 12.2 Å². The van der Waals surface area contributed by atoms with Gasteiger partial charge in [-0.05, 0) is 24.6 Å². The van der Waals surface area contributed by atoms with Gasteiger partial charge in [-0.2, -0.15) is 5.10 Å². The second-order valence-corrected chi connectivity index (χ2v) is 4.33. The zero-order chi connectivity index (χ0) is 14.5. The quantitative estimate of drug-likeness (QED) is 0.868. The summed E-state index contributed by atoms with van der Waals surface area (Å²) >= 11 is 0. The molecule has 0 spiro atoms. The molecule has 1 unspecified atom stereocenters. The zero-order valence-electron chi connectivity index (χ0n) is 11.9. The van der Waals surface area contributed by atoms with E-state index >= 15 is 0 Å². The fourth-order valence-electron chi connectivity index (χ4n) is 2.06. The summed E-state index contributed by atoms with van der Waals surface area (Å²) in [6, 6.07) is 5.37. The number of aryl methyl sites for hydroxylation is 1. The van der Waals surface area contributed by atoms with Gasteiger partial charge >= 0.3 is 0 Å². The maximum atomic E-state index is 10.3. The van der Waals surface area contributed by atoms with Gasteiger partial charge in [0.05, 0.1) is 20.3 Å². The Morgan fingerprint density at radius 3 is 2.65 bits per heavy atom. The Balaban J connectivity index is 2.19. The van der Waals surface area contributed by atoms with Crippen molar-refractivity contribution in [1.82, 2.24) is 14.8 Å². The predicted octanol–water partition coefficient (Wildman–Crippen LogP) is 1.59. The topological polar surface area (TPSA) is 69.4 Å². The summed E-state index contributed by atoms with van der Waals surface area (Å²) in [5, 5.41) is 14.4. The number of methoxy groups -OCH3 is 2. The first-order chi connectivity index (χ1) is 9.69. The monoisotopic (exact) mass is 277 g/mol. The maximum absolute atomic E-state index is 10.3. The standard InChI is InChI=1S/C14H19N3O3/c1-4-17-14(15-9-16-17)8-11(18)10-5-6-12(19-2)13(7-10)20-3/h5-7,9,11,18H,4,8H2,1-3H3. The summed E-state index contributed by atoms with van der Waals surface area (Å²) in [7, 11) is 3.15. The Morgan fingerprint density at radius 1 is 1.25 bits per heavy atom. The molecule has 1 heterocycles. The molecular weight excluding hydrogens is 258 g/mol. The van der Waals surface area contributed by atoms with Crippen LogP contribution in [0.2, 0.25) is 0 Å². The van der Waals surface area contributed by atoms with E-state index in [0.29, 0.717) is 17.9 Å². The van der Waals surface area contributed by atoms with Crippen LogP contribution in [0.25, 0.3) is 0 Å². The van der Waals surface area contributed by atoms with Gasteiger partial charge in [-0.15, -0.1) is 0 Å². The van der Waals surface area contributed by atoms with Crippen molar-refractivity contribution in [2.24, 2.45) is 0 Å². The molecule has 0 fully saturated rings. The Labute approximate surface area is 118 Å². The van der Waals surface area contributed by atoms with Crippen molar-refractivity contribution in [3.05, 3.63) is 35.9 Å². The summed E-state index contributed by atoms with van der Waals surface area (Å²) in [6.07, 6.45) is 1.24. The zero-order valence-corrected chi connectivity index (χ0v) is 11.9. The first kappa shape index (κ1) is 14.3. The lowest BCUT2D eigenvalue weighted by atomic mass is 10.1. The number of aliphatic hydroxyl groups is 1. The second kappa shape index (κ2) is 6.38. The molecule has 108 valence electrons. The van der Waals surface area contributed by atoms with Crippen LogP contribution >= 0.6 is 0 Å². The van der Waals surface area contributed by atoms with Gasteiger partial charge in [0.15, 0.2) is 11.5 Å². The number of aromatic nitrogens is 3. The van der Waals surface area contributed by atoms with Gasteiger partial charge in [0.25, 0.3) is 0 Å². The van der Waals surface area contributed by atoms with Gasteiger partial charge in [-0.25, -0.2) is 4.98 Å². The number of benzene rings is 1. The van der Waals surface area contributed by atoms with Crippen molar-refractivity contribution in [2.45, 2.75) is 26.0 Å². The fraction of sp³-hybridized carbons (Fsp3) is 0.429. The van der Waals surface area contributed by atoms with Crippen molar-refractivity contribution in [2.75, 3.05) is 14.2 Å². The minimum atomic E-state index is -0.663. The summed E-state index contributed by atoms with van der Waals surface area (Å²) in [5.41, 5.74) is 0.758. The van der Waals surface area contributed by atoms with Gasteiger partial charge in [-0.3, -0.25) is 4.68 Å². The highest BCUT2D eigenvalue weighted by Gasteiger charge is 2.15. The second-order valence-electron chi connectivity index (χ2n) is 4.33. The summed E-state index contributed by atoms with van der Waals surface area (Å²) in [5.74, 6) is 2.00. The van der Waals surface area contributed by atoms with Gasteiger partial charge in [0, 0.05) is 13.0 Å². The molecule has 0 saturated heterocycles. The lowest BCUT2D eigenvalue weighted by Gasteiger charge is -2.14. The number of hydrogen-bond acceptors (Lipinski definition) is 5. The van der Waals surface area contributed by atoms with Crippen LogP contribution in [0.3, 0.4) is 0 Å². The van der Waals surface area contributed by atoms with Crippen molar-refractivity contribution < 1.29 is 14.6 Å². The fourth-order valence-corrected chi connectivity index (χ4v) is 2.06. The summed E-state index contributed by atoms with van der Waals surface area (Å²) in [6.45, 7) is 2.72. The number of hydrogen-bond donors (Lipinski definition) is 1. The molecule has 1 aromatic carbocycles. The largest absolute Gasteiger partial charge is 0.493 e. The van der Waals surface area contributed by atoms with Crippen LogP contribution in [0.5, 0.6) is 11.5 Å². The molecule has 0 radical (unpaired) electrons. The Morgan fingerprint density at radius 2 is 2.00 bits per heavy atom. The number of rotatable bonds is 6. The smallest absolute Gasteiger partial charge is 0.161 e. The highest BCUT2D eigenvalue weighted by molar-refractivity contribution is 5.43. The number of aliphatic hydroxyl groups excluding tert-OH is 1. The molecule has 0 saturated carbocycles. The molecular formula is C14H19N3O3. The van der Waals surface area contributed by atoms with Gasteiger partial charge in [0.2, 0.25) is 0 Å². The van der Waals surface area contributed by atoms with Crippen LogP contribution in [-0.2, 0) is 13.0 Å². The van der Waals surface area contributed by atoms with Crippen LogP contribution in [0.1, 0.15) is 24.4 Å². The molecule has 0 aliphatic carbocycles. The van der Waals surface area contributed by atoms with E-state index < -0.39 is 6.10 Å². The maximum Gasteiger partial charge on any atom is 0.161 e. The van der Waals surface area contributed by atoms with Crippen molar-refractivity contribution in [3.8, 4) is 11.5 Å². The Hall–Kier alpha value is -2.08. The van der Waals surface area contributed by atoms with E-state index in [1.165, 1.54) is 6.33 Å². The molecule has 6 nitrogen and oxygen atoms in total. The minimum Gasteiger partial charge on any atom is -0.493 e. The third-order valence-electron chi connectivity index (χ3n) is 3.16. The molecule has 1 atom stereocenters. The van der Waals surface area contributed by atoms with Crippen LogP contribution in [-0.4, -0.2) is 34.1 Å². The van der Waals surface area contributed by atoms with Crippen LogP contribution in [0.4, 0.5) is 0 Å². The third kappa shape index (κ3) is 2.91. The van der Waals surface area contributed by atoms with Gasteiger partial charge < -0.3 is 14.6 Å². The van der Waals surface area contributed by atoms with E-state index in [1.54, 1.807) is 31.0 Å². The number of nitrogens with zero attached hydrogens (tertiary/aromatic N) is 3. The molecule has 20 heavy (non-hydrogen) atoms. The minimum absolute atomic E-state index is 0.406. The first-order valence-corrected chi connectivity index (χ1v) is 6.46. The van der Waals surface area contributed by atoms with Gasteiger partial charge in [-0.1, -0.05) is 6.07 Å². The first-order valence-electron chi connectivity index (χ1n) is 6.46. The van der Waals surface area contributed by atoms with E-state index in [2.05, 4.69) is 10.1 Å². The van der Waals surface area contributed by atoms with Crippen LogP contribution in [0.15, 0.2) is 24.5 Å². The van der Waals surface area contributed by atoms with E-state index in [0.717, 1.165) is 17.9 Å². The van der Waals surface area contributed by atoms with Crippen molar-refractivity contribution >= 4 is 0 Å². The Kier molecular flexibility index (Phi) is 4.57. The molecule has 6 heteroatoms. The molecule has 2 rings (SSSR count). The van der Waals surface area contributed by atoms with Crippen molar-refractivity contribution in [3.63, 3.8) is 0 Å². The molecule has 0 amide bonds. The third-order valence-corrected chi connectivity index (χ3v) is 3.16. The average molecular weight is 277 g/mol. The molecule has 2 aromatic rings. The average Bonchev–Trinajstić information content (AvgIpc) is 2.93. The summed E-state index contributed by atoms with van der Waals surface area (Å²) in [4.78, 5) is 4.16. The lowest BCUT2D eigenvalue weighted by molar-refractivity contribution is 0.173.